The van der Waals surface area contributed by atoms with Crippen LogP contribution in [0.5, 0.6) is 5.75 Å². The number of hydrogen-bond donors (Lipinski definition) is 4. The summed E-state index contributed by atoms with van der Waals surface area (Å²) in [5.41, 5.74) is 12.0. The molecule has 0 heterocycles. The van der Waals surface area contributed by atoms with E-state index in [1.165, 1.54) is 0 Å². The molecular weight excluding hydrogens is 180 g/mol. The normalized spacial score (nSPS) is 11.1. The summed E-state index contributed by atoms with van der Waals surface area (Å²) in [4.78, 5) is 0. The van der Waals surface area contributed by atoms with Crippen molar-refractivity contribution in [1.29, 1.82) is 0 Å². The van der Waals surface area contributed by atoms with Gasteiger partial charge in [-0.05, 0) is 36.8 Å². The van der Waals surface area contributed by atoms with Gasteiger partial charge in [-0.25, -0.2) is 0 Å². The van der Waals surface area contributed by atoms with E-state index in [-0.39, 0.29) is 11.7 Å². The Hall–Kier alpha value is -2.04. The van der Waals surface area contributed by atoms with E-state index in [2.05, 4.69) is 10.2 Å². The lowest BCUT2D eigenvalue weighted by atomic mass is 10.1. The molecule has 74 valence electrons. The minimum absolute atomic E-state index is 0.0446. The predicted octanol–water partition coefficient (Wildman–Crippen LogP) is -1.53. The number of guanidine groups is 1. The van der Waals surface area contributed by atoms with Crippen LogP contribution in [0, 0.1) is 0 Å². The molecule has 0 unspecified atom stereocenters. The van der Waals surface area contributed by atoms with Gasteiger partial charge in [-0.1, -0.05) is 0 Å². The van der Waals surface area contributed by atoms with Crippen molar-refractivity contribution in [3.05, 3.63) is 29.8 Å². The van der Waals surface area contributed by atoms with Crippen LogP contribution in [0.25, 0.3) is 0 Å². The van der Waals surface area contributed by atoms with Crippen molar-refractivity contribution in [2.45, 2.75) is 6.92 Å². The maximum Gasteiger partial charge on any atom is 0.362 e. The Labute approximate surface area is 81.8 Å². The van der Waals surface area contributed by atoms with Crippen LogP contribution in [0.4, 0.5) is 0 Å². The first kappa shape index (κ1) is 10.0. The summed E-state index contributed by atoms with van der Waals surface area (Å²) in [6.45, 7) is 1.81. The van der Waals surface area contributed by atoms with E-state index >= 15 is 0 Å². The maximum absolute atomic E-state index is 9.06. The van der Waals surface area contributed by atoms with Crippen molar-refractivity contribution < 1.29 is 10.2 Å². The number of benzene rings is 1. The van der Waals surface area contributed by atoms with E-state index < -0.39 is 0 Å². The molecule has 0 amide bonds. The molecule has 14 heavy (non-hydrogen) atoms. The monoisotopic (exact) mass is 193 g/mol. The van der Waals surface area contributed by atoms with Gasteiger partial charge in [0, 0.05) is 0 Å². The SMILES string of the molecule is C/C(=N\[NH+]=C(N)N)c1ccc(O)cc1. The van der Waals surface area contributed by atoms with Crippen molar-refractivity contribution in [2.75, 3.05) is 0 Å². The second kappa shape index (κ2) is 4.27. The van der Waals surface area contributed by atoms with Crippen LogP contribution in [-0.4, -0.2) is 16.8 Å². The third-order valence-corrected chi connectivity index (χ3v) is 1.64. The van der Waals surface area contributed by atoms with E-state index in [1.807, 2.05) is 6.92 Å². The van der Waals surface area contributed by atoms with Crippen molar-refractivity contribution >= 4 is 11.7 Å². The van der Waals surface area contributed by atoms with Gasteiger partial charge in [0.05, 0.1) is 5.71 Å². The topological polar surface area (TPSA) is 98.6 Å². The Bertz CT molecular complexity index is 363. The fourth-order valence-corrected chi connectivity index (χ4v) is 0.916. The fourth-order valence-electron chi connectivity index (χ4n) is 0.916. The van der Waals surface area contributed by atoms with Crippen LogP contribution >= 0.6 is 0 Å². The number of hydrazone groups is 1. The molecule has 1 rings (SSSR count). The molecule has 0 aliphatic heterocycles. The molecule has 0 fully saturated rings. The molecule has 0 spiro atoms. The van der Waals surface area contributed by atoms with Crippen molar-refractivity contribution in [3.63, 3.8) is 0 Å². The van der Waals surface area contributed by atoms with Crippen LogP contribution in [0.15, 0.2) is 29.4 Å². The standard InChI is InChI=1S/C9H12N4O/c1-6(12-13-9(10)11)7-2-4-8(14)5-3-7/h2-5,14H,1H3,(H4,10,11,13)/p+1/b12-6+. The van der Waals surface area contributed by atoms with Gasteiger partial charge in [0.1, 0.15) is 5.75 Å². The predicted molar refractivity (Wildman–Crippen MR) is 54.7 cm³/mol. The van der Waals surface area contributed by atoms with E-state index in [0.717, 1.165) is 11.3 Å². The Kier molecular flexibility index (Phi) is 3.06. The summed E-state index contributed by atoms with van der Waals surface area (Å²) in [5, 5.41) is 15.4. The zero-order chi connectivity index (χ0) is 10.6. The molecule has 0 saturated heterocycles. The molecule has 1 aromatic rings. The van der Waals surface area contributed by atoms with Gasteiger partial charge in [0.15, 0.2) is 0 Å². The van der Waals surface area contributed by atoms with Crippen LogP contribution in [-0.2, 0) is 0 Å². The van der Waals surface area contributed by atoms with Crippen LogP contribution in [0.3, 0.4) is 0 Å². The molecule has 0 atom stereocenters. The second-order valence-corrected chi connectivity index (χ2v) is 2.81. The van der Waals surface area contributed by atoms with Crippen molar-refractivity contribution in [2.24, 2.45) is 16.6 Å². The van der Waals surface area contributed by atoms with Crippen molar-refractivity contribution in [1.82, 2.24) is 0 Å². The Morgan fingerprint density at radius 3 is 2.36 bits per heavy atom. The van der Waals surface area contributed by atoms with Gasteiger partial charge < -0.3 is 5.11 Å². The summed E-state index contributed by atoms with van der Waals surface area (Å²) in [6, 6.07) is 6.68. The molecule has 5 heteroatoms. The van der Waals surface area contributed by atoms with Crippen molar-refractivity contribution in [3.8, 4) is 5.75 Å². The molecule has 1 aromatic carbocycles. The average molecular weight is 193 g/mol. The number of nitrogens with two attached hydrogens (primary N) is 2. The largest absolute Gasteiger partial charge is 0.508 e. The first-order chi connectivity index (χ1) is 6.59. The minimum Gasteiger partial charge on any atom is -0.508 e. The number of nitrogens with zero attached hydrogens (tertiary/aromatic N) is 1. The maximum atomic E-state index is 9.06. The molecule has 0 aliphatic rings. The van der Waals surface area contributed by atoms with E-state index in [0.29, 0.717) is 0 Å². The Balaban J connectivity index is 2.89. The van der Waals surface area contributed by atoms with Gasteiger partial charge in [0.25, 0.3) is 0 Å². The molecule has 0 aromatic heterocycles. The Morgan fingerprint density at radius 1 is 1.29 bits per heavy atom. The highest BCUT2D eigenvalue weighted by molar-refractivity contribution is 5.98. The summed E-state index contributed by atoms with van der Waals surface area (Å²) >= 11 is 0. The first-order valence-corrected chi connectivity index (χ1v) is 4.07. The highest BCUT2D eigenvalue weighted by Crippen LogP contribution is 2.09. The quantitative estimate of drug-likeness (QED) is 0.260. The summed E-state index contributed by atoms with van der Waals surface area (Å²) in [5.74, 6) is 0.266. The molecule has 5 nitrogen and oxygen atoms in total. The first-order valence-electron chi connectivity index (χ1n) is 4.07. The molecule has 0 saturated carbocycles. The lowest BCUT2D eigenvalue weighted by molar-refractivity contribution is -0.464. The zero-order valence-corrected chi connectivity index (χ0v) is 7.86. The van der Waals surface area contributed by atoms with Gasteiger partial charge in [-0.15, -0.1) is 5.10 Å². The lowest BCUT2D eigenvalue weighted by Gasteiger charge is -1.97. The number of phenolic OH excluding ortho intramolecular Hbond substituents is 1. The summed E-state index contributed by atoms with van der Waals surface area (Å²) < 4.78 is 0. The number of rotatable bonds is 2. The summed E-state index contributed by atoms with van der Waals surface area (Å²) in [6.07, 6.45) is 0. The van der Waals surface area contributed by atoms with Gasteiger partial charge in [0.2, 0.25) is 0 Å². The molecule has 0 aliphatic carbocycles. The highest BCUT2D eigenvalue weighted by atomic mass is 16.3. The number of nitrogens with one attached hydrogen (secondary N) is 1. The minimum atomic E-state index is 0.0446. The van der Waals surface area contributed by atoms with Crippen LogP contribution in [0.2, 0.25) is 0 Å². The van der Waals surface area contributed by atoms with Gasteiger partial charge in [-0.2, -0.15) is 5.10 Å². The molecule has 0 radical (unpaired) electrons. The summed E-state index contributed by atoms with van der Waals surface area (Å²) in [7, 11) is 0. The van der Waals surface area contributed by atoms with E-state index in [4.69, 9.17) is 16.6 Å². The van der Waals surface area contributed by atoms with Crippen LogP contribution in [0.1, 0.15) is 12.5 Å². The molecule has 0 bridgehead atoms. The second-order valence-electron chi connectivity index (χ2n) is 2.81. The lowest BCUT2D eigenvalue weighted by Crippen LogP contribution is -2.72. The fraction of sp³-hybridized carbons (Fsp3) is 0.111. The van der Waals surface area contributed by atoms with E-state index in [9.17, 15) is 0 Å². The van der Waals surface area contributed by atoms with Gasteiger partial charge in [-0.3, -0.25) is 11.5 Å². The third kappa shape index (κ3) is 2.78. The smallest absolute Gasteiger partial charge is 0.362 e. The highest BCUT2D eigenvalue weighted by Gasteiger charge is 1.97. The number of aromatic hydroxyl groups is 1. The Morgan fingerprint density at radius 2 is 1.86 bits per heavy atom. The van der Waals surface area contributed by atoms with Gasteiger partial charge >= 0.3 is 5.96 Å². The number of hydrogen-bond acceptors (Lipinski definition) is 2. The van der Waals surface area contributed by atoms with Crippen LogP contribution < -0.4 is 16.6 Å². The molecule has 6 N–H and O–H groups in total. The number of phenols is 1. The third-order valence-electron chi connectivity index (χ3n) is 1.64. The zero-order valence-electron chi connectivity index (χ0n) is 7.86. The molecular formula is C9H13N4O+. The average Bonchev–Trinajstić information content (AvgIpc) is 2.15. The van der Waals surface area contributed by atoms with E-state index in [1.54, 1.807) is 24.3 Å².